The van der Waals surface area contributed by atoms with E-state index in [-0.39, 0.29) is 12.0 Å². The summed E-state index contributed by atoms with van der Waals surface area (Å²) < 4.78 is 5.50. The number of likely N-dealkylation sites (tertiary alicyclic amines) is 3. The van der Waals surface area contributed by atoms with Crippen molar-refractivity contribution in [2.45, 2.75) is 63.5 Å². The molecule has 1 atom stereocenters. The zero-order valence-electron chi connectivity index (χ0n) is 19.4. The molecule has 1 unspecified atom stereocenters. The van der Waals surface area contributed by atoms with Gasteiger partial charge in [-0.05, 0) is 89.7 Å². The Balaban J connectivity index is 1.14. The van der Waals surface area contributed by atoms with Crippen molar-refractivity contribution in [3.63, 3.8) is 0 Å². The third-order valence-corrected chi connectivity index (χ3v) is 7.76. The molecule has 5 nitrogen and oxygen atoms in total. The first-order valence-electron chi connectivity index (χ1n) is 12.5. The summed E-state index contributed by atoms with van der Waals surface area (Å²) in [7, 11) is 1.77. The topological polar surface area (TPSA) is 36.0 Å². The van der Waals surface area contributed by atoms with Crippen molar-refractivity contribution in [1.82, 2.24) is 14.7 Å². The normalized spacial score (nSPS) is 25.1. The molecule has 3 saturated heterocycles. The SMILES string of the molecule is COC1CCCN(C(=O)C2CCN(C3CCN(CCCc4ccccc4)CC3)CC2)C1. The van der Waals surface area contributed by atoms with Crippen molar-refractivity contribution in [2.75, 3.05) is 52.9 Å². The van der Waals surface area contributed by atoms with Gasteiger partial charge in [0.2, 0.25) is 5.91 Å². The van der Waals surface area contributed by atoms with E-state index in [2.05, 4.69) is 45.0 Å². The second-order valence-corrected chi connectivity index (χ2v) is 9.76. The van der Waals surface area contributed by atoms with Crippen molar-refractivity contribution < 1.29 is 9.53 Å². The molecule has 1 amide bonds. The van der Waals surface area contributed by atoms with Crippen LogP contribution in [-0.2, 0) is 16.0 Å². The number of carbonyl (C=O) groups is 1. The number of benzene rings is 1. The maximum atomic E-state index is 13.0. The molecule has 0 aliphatic carbocycles. The second-order valence-electron chi connectivity index (χ2n) is 9.76. The van der Waals surface area contributed by atoms with Crippen LogP contribution in [0.4, 0.5) is 0 Å². The van der Waals surface area contributed by atoms with E-state index >= 15 is 0 Å². The predicted octanol–water partition coefficient (Wildman–Crippen LogP) is 3.43. The Bertz CT molecular complexity index is 666. The summed E-state index contributed by atoms with van der Waals surface area (Å²) in [4.78, 5) is 20.4. The molecule has 3 aliphatic rings. The summed E-state index contributed by atoms with van der Waals surface area (Å²) in [6, 6.07) is 11.6. The highest BCUT2D eigenvalue weighted by Gasteiger charge is 2.33. The van der Waals surface area contributed by atoms with Gasteiger partial charge in [-0.25, -0.2) is 0 Å². The summed E-state index contributed by atoms with van der Waals surface area (Å²) in [5, 5.41) is 0. The highest BCUT2D eigenvalue weighted by atomic mass is 16.5. The second kappa shape index (κ2) is 11.4. The first kappa shape index (κ1) is 22.8. The smallest absolute Gasteiger partial charge is 0.225 e. The zero-order chi connectivity index (χ0) is 21.5. The number of carbonyl (C=O) groups excluding carboxylic acids is 1. The number of rotatable bonds is 7. The fraction of sp³-hybridized carbons (Fsp3) is 0.731. The van der Waals surface area contributed by atoms with Crippen LogP contribution in [0.5, 0.6) is 0 Å². The van der Waals surface area contributed by atoms with Crippen molar-refractivity contribution in [1.29, 1.82) is 0 Å². The van der Waals surface area contributed by atoms with Gasteiger partial charge in [0.05, 0.1) is 6.10 Å². The third-order valence-electron chi connectivity index (χ3n) is 7.76. The molecule has 3 heterocycles. The summed E-state index contributed by atoms with van der Waals surface area (Å²) >= 11 is 0. The van der Waals surface area contributed by atoms with Gasteiger partial charge in [0.25, 0.3) is 0 Å². The molecule has 1 aromatic carbocycles. The maximum absolute atomic E-state index is 13.0. The molecule has 5 heteroatoms. The van der Waals surface area contributed by atoms with E-state index in [1.54, 1.807) is 7.11 Å². The Morgan fingerprint density at radius 2 is 1.71 bits per heavy atom. The standard InChI is InChI=1S/C26H41N3O2/c1-31-25-10-6-16-29(21-25)26(30)23-11-19-28(20-12-23)24-13-17-27(18-14-24)15-5-9-22-7-3-2-4-8-22/h2-4,7-8,23-25H,5-6,9-21H2,1H3. The molecular weight excluding hydrogens is 386 g/mol. The molecule has 1 aromatic rings. The highest BCUT2D eigenvalue weighted by Crippen LogP contribution is 2.26. The van der Waals surface area contributed by atoms with Crippen LogP contribution in [-0.4, -0.2) is 85.7 Å². The summed E-state index contributed by atoms with van der Waals surface area (Å²) in [5.41, 5.74) is 1.46. The van der Waals surface area contributed by atoms with Crippen molar-refractivity contribution >= 4 is 5.91 Å². The van der Waals surface area contributed by atoms with Crippen molar-refractivity contribution in [3.8, 4) is 0 Å². The molecule has 0 saturated carbocycles. The van der Waals surface area contributed by atoms with Crippen LogP contribution in [0.25, 0.3) is 0 Å². The fourth-order valence-corrected chi connectivity index (χ4v) is 5.76. The van der Waals surface area contributed by atoms with E-state index < -0.39 is 0 Å². The summed E-state index contributed by atoms with van der Waals surface area (Å²) in [6.45, 7) is 7.57. The molecule has 0 N–H and O–H groups in total. The van der Waals surface area contributed by atoms with E-state index in [0.717, 1.165) is 51.9 Å². The Morgan fingerprint density at radius 1 is 0.968 bits per heavy atom. The third kappa shape index (κ3) is 6.30. The minimum absolute atomic E-state index is 0.227. The van der Waals surface area contributed by atoms with Gasteiger partial charge in [-0.1, -0.05) is 30.3 Å². The van der Waals surface area contributed by atoms with E-state index in [9.17, 15) is 4.79 Å². The Morgan fingerprint density at radius 3 is 2.42 bits per heavy atom. The van der Waals surface area contributed by atoms with Crippen LogP contribution < -0.4 is 0 Å². The molecule has 0 radical (unpaired) electrons. The average Bonchev–Trinajstić information content (AvgIpc) is 2.85. The molecule has 0 bridgehead atoms. The number of hydrogen-bond donors (Lipinski definition) is 0. The number of aryl methyl sites for hydroxylation is 1. The van der Waals surface area contributed by atoms with Gasteiger partial charge in [0.1, 0.15) is 0 Å². The molecule has 172 valence electrons. The molecule has 31 heavy (non-hydrogen) atoms. The Hall–Kier alpha value is -1.43. The fourth-order valence-electron chi connectivity index (χ4n) is 5.76. The first-order chi connectivity index (χ1) is 15.2. The molecule has 0 spiro atoms. The van der Waals surface area contributed by atoms with Crippen LogP contribution in [0.2, 0.25) is 0 Å². The summed E-state index contributed by atoms with van der Waals surface area (Å²) in [6.07, 6.45) is 9.46. The number of amides is 1. The summed E-state index contributed by atoms with van der Waals surface area (Å²) in [5.74, 6) is 0.611. The van der Waals surface area contributed by atoms with E-state index in [1.165, 1.54) is 50.9 Å². The molecule has 3 aliphatic heterocycles. The highest BCUT2D eigenvalue weighted by molar-refractivity contribution is 5.79. The minimum Gasteiger partial charge on any atom is -0.380 e. The van der Waals surface area contributed by atoms with E-state index in [1.807, 2.05) is 0 Å². The van der Waals surface area contributed by atoms with Crippen LogP contribution in [0.15, 0.2) is 30.3 Å². The number of piperidine rings is 3. The van der Waals surface area contributed by atoms with Gasteiger partial charge in [-0.3, -0.25) is 4.79 Å². The van der Waals surface area contributed by atoms with E-state index in [4.69, 9.17) is 4.74 Å². The Labute approximate surface area is 188 Å². The van der Waals surface area contributed by atoms with Crippen LogP contribution >= 0.6 is 0 Å². The van der Waals surface area contributed by atoms with Gasteiger partial charge in [0.15, 0.2) is 0 Å². The van der Waals surface area contributed by atoms with Gasteiger partial charge in [0, 0.05) is 32.2 Å². The predicted molar refractivity (Wildman–Crippen MR) is 125 cm³/mol. The van der Waals surface area contributed by atoms with E-state index in [0.29, 0.717) is 11.9 Å². The largest absolute Gasteiger partial charge is 0.380 e. The number of hydrogen-bond acceptors (Lipinski definition) is 4. The van der Waals surface area contributed by atoms with Crippen LogP contribution in [0.1, 0.15) is 50.5 Å². The average molecular weight is 428 g/mol. The molecule has 4 rings (SSSR count). The van der Waals surface area contributed by atoms with Gasteiger partial charge in [-0.2, -0.15) is 0 Å². The lowest BCUT2D eigenvalue weighted by Crippen LogP contribution is -2.51. The zero-order valence-corrected chi connectivity index (χ0v) is 19.4. The van der Waals surface area contributed by atoms with Crippen LogP contribution in [0, 0.1) is 5.92 Å². The number of methoxy groups -OCH3 is 1. The molecule has 0 aromatic heterocycles. The lowest BCUT2D eigenvalue weighted by molar-refractivity contribution is -0.141. The lowest BCUT2D eigenvalue weighted by Gasteiger charge is -2.42. The number of nitrogens with zero attached hydrogens (tertiary/aromatic N) is 3. The Kier molecular flexibility index (Phi) is 8.40. The monoisotopic (exact) mass is 427 g/mol. The quantitative estimate of drug-likeness (QED) is 0.668. The number of ether oxygens (including phenoxy) is 1. The van der Waals surface area contributed by atoms with Crippen molar-refractivity contribution in [3.05, 3.63) is 35.9 Å². The van der Waals surface area contributed by atoms with Gasteiger partial charge in [-0.15, -0.1) is 0 Å². The lowest BCUT2D eigenvalue weighted by atomic mass is 9.91. The minimum atomic E-state index is 0.227. The maximum Gasteiger partial charge on any atom is 0.225 e. The van der Waals surface area contributed by atoms with Gasteiger partial charge < -0.3 is 19.4 Å². The first-order valence-corrected chi connectivity index (χ1v) is 12.5. The van der Waals surface area contributed by atoms with Crippen LogP contribution in [0.3, 0.4) is 0 Å². The molecule has 3 fully saturated rings. The molecular formula is C26H41N3O2. The van der Waals surface area contributed by atoms with Gasteiger partial charge >= 0.3 is 0 Å². The van der Waals surface area contributed by atoms with Crippen molar-refractivity contribution in [2.24, 2.45) is 5.92 Å².